The number of aromatic nitrogens is 2. The Morgan fingerprint density at radius 2 is 1.54 bits per heavy atom. The number of para-hydroxylation sites is 1. The van der Waals surface area contributed by atoms with Crippen LogP contribution in [0.15, 0.2) is 59.0 Å². The first-order valence-electron chi connectivity index (χ1n) is 12.1. The Morgan fingerprint density at radius 3 is 2.07 bits per heavy atom. The second-order valence-electron chi connectivity index (χ2n) is 10.2. The van der Waals surface area contributed by atoms with Crippen LogP contribution in [0.25, 0.3) is 16.9 Å². The van der Waals surface area contributed by atoms with Gasteiger partial charge in [-0.25, -0.2) is 9.48 Å². The Hall–Kier alpha value is -4.73. The number of benzene rings is 2. The number of amides is 2. The number of carbonyl (C=O) groups excluding carboxylic acids is 1. The van der Waals surface area contributed by atoms with Crippen LogP contribution >= 0.6 is 0 Å². The number of nitriles is 1. The Labute approximate surface area is 230 Å². The third-order valence-corrected chi connectivity index (χ3v) is 6.00. The standard InChI is InChI=1S/C28H23F6N5O2/c1-15-20(12-23(41-15)26(2,3)4)22-13-24(37-25(40)36-21-8-6-5-7-16(21)14-35)39(38-22)19-10-17(27(29,30)31)9-18(11-19)28(32,33)34/h5-13H,1-4H3,(H2,36,37,40). The van der Waals surface area contributed by atoms with Crippen molar-refractivity contribution in [2.75, 3.05) is 10.6 Å². The van der Waals surface area contributed by atoms with Crippen molar-refractivity contribution < 1.29 is 35.6 Å². The summed E-state index contributed by atoms with van der Waals surface area (Å²) >= 11 is 0. The van der Waals surface area contributed by atoms with E-state index in [1.807, 2.05) is 26.8 Å². The molecule has 0 atom stereocenters. The van der Waals surface area contributed by atoms with Crippen molar-refractivity contribution in [3.05, 3.63) is 82.8 Å². The van der Waals surface area contributed by atoms with E-state index in [1.54, 1.807) is 25.1 Å². The summed E-state index contributed by atoms with van der Waals surface area (Å²) in [5.74, 6) is 0.731. The zero-order valence-electron chi connectivity index (χ0n) is 22.1. The Morgan fingerprint density at radius 1 is 0.927 bits per heavy atom. The molecule has 2 N–H and O–H groups in total. The minimum Gasteiger partial charge on any atom is -0.465 e. The molecule has 214 valence electrons. The Bertz CT molecular complexity index is 1620. The lowest BCUT2D eigenvalue weighted by atomic mass is 9.93. The van der Waals surface area contributed by atoms with Crippen LogP contribution in [0.2, 0.25) is 0 Å². The third kappa shape index (κ3) is 6.37. The van der Waals surface area contributed by atoms with E-state index in [9.17, 15) is 36.4 Å². The molecule has 2 heterocycles. The zero-order valence-corrected chi connectivity index (χ0v) is 22.1. The monoisotopic (exact) mass is 575 g/mol. The van der Waals surface area contributed by atoms with Gasteiger partial charge < -0.3 is 9.73 Å². The minimum atomic E-state index is -5.10. The SMILES string of the molecule is Cc1oc(C(C)(C)C)cc1-c1cc(NC(=O)Nc2ccccc2C#N)n(-c2cc(C(F)(F)F)cc(C(F)(F)F)c2)n1. The van der Waals surface area contributed by atoms with Crippen LogP contribution in [0.3, 0.4) is 0 Å². The summed E-state index contributed by atoms with van der Waals surface area (Å²) in [6, 6.07) is 11.0. The lowest BCUT2D eigenvalue weighted by Crippen LogP contribution is -2.22. The first-order chi connectivity index (χ1) is 19.0. The number of aryl methyl sites for hydroxylation is 1. The first-order valence-corrected chi connectivity index (χ1v) is 12.1. The fourth-order valence-corrected chi connectivity index (χ4v) is 3.92. The number of nitrogens with one attached hydrogen (secondary N) is 2. The number of urea groups is 1. The number of alkyl halides is 6. The largest absolute Gasteiger partial charge is 0.465 e. The molecule has 0 spiro atoms. The summed E-state index contributed by atoms with van der Waals surface area (Å²) in [7, 11) is 0. The minimum absolute atomic E-state index is 0.00236. The number of furan rings is 1. The molecule has 2 aromatic heterocycles. The molecule has 0 saturated heterocycles. The Balaban J connectivity index is 1.87. The number of carbonyl (C=O) groups is 1. The molecular weight excluding hydrogens is 552 g/mol. The average Bonchev–Trinajstić information content (AvgIpc) is 3.46. The predicted molar refractivity (Wildman–Crippen MR) is 139 cm³/mol. The summed E-state index contributed by atoms with van der Waals surface area (Å²) in [6.45, 7) is 7.32. The second kappa shape index (κ2) is 10.3. The van der Waals surface area contributed by atoms with Gasteiger partial charge in [-0.2, -0.15) is 36.7 Å². The summed E-state index contributed by atoms with van der Waals surface area (Å²) in [6.07, 6.45) is -10.2. The van der Waals surface area contributed by atoms with Crippen molar-refractivity contribution in [1.29, 1.82) is 5.26 Å². The third-order valence-electron chi connectivity index (χ3n) is 6.00. The van der Waals surface area contributed by atoms with Gasteiger partial charge in [-0.1, -0.05) is 32.9 Å². The van der Waals surface area contributed by atoms with Gasteiger partial charge >= 0.3 is 18.4 Å². The van der Waals surface area contributed by atoms with Gasteiger partial charge in [0.05, 0.1) is 33.8 Å². The van der Waals surface area contributed by atoms with Crippen molar-refractivity contribution in [3.63, 3.8) is 0 Å². The molecular formula is C28H23F6N5O2. The summed E-state index contributed by atoms with van der Waals surface area (Å²) in [4.78, 5) is 12.9. The fourth-order valence-electron chi connectivity index (χ4n) is 3.92. The molecule has 4 rings (SSSR count). The van der Waals surface area contributed by atoms with Gasteiger partial charge in [0.25, 0.3) is 0 Å². The topological polar surface area (TPSA) is 95.9 Å². The summed E-state index contributed by atoms with van der Waals surface area (Å²) in [5.41, 5.74) is -3.28. The number of anilines is 2. The molecule has 4 aromatic rings. The van der Waals surface area contributed by atoms with E-state index in [-0.39, 0.29) is 28.8 Å². The van der Waals surface area contributed by atoms with E-state index in [1.165, 1.54) is 18.2 Å². The maximum atomic E-state index is 13.6. The second-order valence-corrected chi connectivity index (χ2v) is 10.2. The molecule has 0 fully saturated rings. The lowest BCUT2D eigenvalue weighted by Gasteiger charge is -2.16. The van der Waals surface area contributed by atoms with Crippen molar-refractivity contribution in [3.8, 4) is 23.0 Å². The van der Waals surface area contributed by atoms with E-state index in [4.69, 9.17) is 4.42 Å². The summed E-state index contributed by atoms with van der Waals surface area (Å²) in [5, 5.41) is 18.4. The molecule has 7 nitrogen and oxygen atoms in total. The Kier molecular flexibility index (Phi) is 7.38. The fraction of sp³-hybridized carbons (Fsp3) is 0.250. The van der Waals surface area contributed by atoms with Crippen LogP contribution < -0.4 is 10.6 Å². The highest BCUT2D eigenvalue weighted by Gasteiger charge is 2.37. The normalized spacial score (nSPS) is 12.2. The molecule has 0 aliphatic rings. The van der Waals surface area contributed by atoms with Gasteiger partial charge in [0, 0.05) is 17.0 Å². The average molecular weight is 576 g/mol. The van der Waals surface area contributed by atoms with Gasteiger partial charge in [-0.15, -0.1) is 0 Å². The number of rotatable bonds is 4. The van der Waals surface area contributed by atoms with Gasteiger partial charge in [0.15, 0.2) is 0 Å². The molecule has 0 aliphatic heterocycles. The molecule has 13 heteroatoms. The quantitative estimate of drug-likeness (QED) is 0.239. The van der Waals surface area contributed by atoms with E-state index >= 15 is 0 Å². The molecule has 2 aromatic carbocycles. The summed E-state index contributed by atoms with van der Waals surface area (Å²) < 4.78 is 88.2. The van der Waals surface area contributed by atoms with Gasteiger partial charge in [-0.3, -0.25) is 5.32 Å². The molecule has 2 amide bonds. The highest BCUT2D eigenvalue weighted by atomic mass is 19.4. The molecule has 0 radical (unpaired) electrons. The smallest absolute Gasteiger partial charge is 0.416 e. The number of hydrogen-bond acceptors (Lipinski definition) is 4. The van der Waals surface area contributed by atoms with E-state index in [2.05, 4.69) is 15.7 Å². The van der Waals surface area contributed by atoms with E-state index < -0.39 is 40.6 Å². The van der Waals surface area contributed by atoms with Crippen LogP contribution in [0.5, 0.6) is 0 Å². The van der Waals surface area contributed by atoms with Crippen LogP contribution in [0.4, 0.5) is 42.6 Å². The maximum Gasteiger partial charge on any atom is 0.416 e. The molecule has 0 bridgehead atoms. The maximum absolute atomic E-state index is 13.6. The number of halogens is 6. The van der Waals surface area contributed by atoms with Gasteiger partial charge in [0.1, 0.15) is 23.4 Å². The van der Waals surface area contributed by atoms with Crippen LogP contribution in [-0.4, -0.2) is 15.8 Å². The molecule has 41 heavy (non-hydrogen) atoms. The van der Waals surface area contributed by atoms with Crippen molar-refractivity contribution in [2.24, 2.45) is 0 Å². The van der Waals surface area contributed by atoms with E-state index in [0.717, 1.165) is 4.68 Å². The molecule has 0 saturated carbocycles. The van der Waals surface area contributed by atoms with Crippen molar-refractivity contribution >= 4 is 17.5 Å². The highest BCUT2D eigenvalue weighted by Crippen LogP contribution is 2.39. The number of hydrogen-bond donors (Lipinski definition) is 2. The van der Waals surface area contributed by atoms with Crippen LogP contribution in [0.1, 0.15) is 49.0 Å². The van der Waals surface area contributed by atoms with Crippen LogP contribution in [0, 0.1) is 18.3 Å². The highest BCUT2D eigenvalue weighted by molar-refractivity contribution is 6.00. The predicted octanol–water partition coefficient (Wildman–Crippen LogP) is 8.29. The number of nitrogens with zero attached hydrogens (tertiary/aromatic N) is 3. The van der Waals surface area contributed by atoms with Crippen molar-refractivity contribution in [1.82, 2.24) is 9.78 Å². The van der Waals surface area contributed by atoms with Crippen molar-refractivity contribution in [2.45, 2.75) is 45.5 Å². The zero-order chi connectivity index (χ0) is 30.3. The molecule has 0 aliphatic carbocycles. The van der Waals surface area contributed by atoms with Gasteiger partial charge in [-0.05, 0) is 43.3 Å². The molecule has 0 unspecified atom stereocenters. The lowest BCUT2D eigenvalue weighted by molar-refractivity contribution is -0.143. The van der Waals surface area contributed by atoms with E-state index in [0.29, 0.717) is 29.2 Å². The first kappa shape index (κ1) is 29.3. The van der Waals surface area contributed by atoms with Crippen LogP contribution in [-0.2, 0) is 17.8 Å². The van der Waals surface area contributed by atoms with Gasteiger partial charge in [0.2, 0.25) is 0 Å².